The Morgan fingerprint density at radius 1 is 0.639 bits per heavy atom. The van der Waals surface area contributed by atoms with E-state index < -0.39 is 109 Å². The fourth-order valence-electron chi connectivity index (χ4n) is 6.17. The Kier molecular flexibility index (Phi) is 28.8. The first-order valence-electron chi connectivity index (χ1n) is 21.3. The number of unbranched alkanes of at least 4 members (excludes halogenated alkanes) is 10. The highest BCUT2D eigenvalue weighted by atomic mass is 16.3. The number of aliphatic hydroxyl groups excluding tert-OH is 2. The molecule has 21 nitrogen and oxygen atoms in total. The summed E-state index contributed by atoms with van der Waals surface area (Å²) in [5.41, 5.74) is 11.7. The number of hydrogen-bond acceptors (Lipinski definition) is 13. The summed E-state index contributed by atoms with van der Waals surface area (Å²) in [5.74, 6) is -7.99. The minimum absolute atomic E-state index is 0.0883. The lowest BCUT2D eigenvalue weighted by Crippen LogP contribution is -2.62. The molecule has 0 aliphatic rings. The van der Waals surface area contributed by atoms with E-state index in [9.17, 15) is 53.4 Å². The second-order valence-electron chi connectivity index (χ2n) is 15.7. The molecule has 0 aromatic rings. The average Bonchev–Trinajstić information content (AvgIpc) is 3.19. The van der Waals surface area contributed by atoms with E-state index in [1.807, 2.05) is 0 Å². The van der Waals surface area contributed by atoms with Crippen LogP contribution in [0.15, 0.2) is 0 Å². The second-order valence-corrected chi connectivity index (χ2v) is 15.7. The summed E-state index contributed by atoms with van der Waals surface area (Å²) < 4.78 is 0. The number of carbonyl (C=O) groups is 9. The number of ketones is 1. The average molecular weight is 871 g/mol. The number of aliphatic hydroxyl groups is 2. The zero-order valence-corrected chi connectivity index (χ0v) is 37.1. The van der Waals surface area contributed by atoms with Crippen LogP contribution in [0.3, 0.4) is 0 Å². The molecule has 0 fully saturated rings. The van der Waals surface area contributed by atoms with Gasteiger partial charge >= 0.3 is 0 Å². The van der Waals surface area contributed by atoms with E-state index in [2.05, 4.69) is 44.1 Å². The number of nitrogens with two attached hydrogens (primary N) is 2. The van der Waals surface area contributed by atoms with Crippen molar-refractivity contribution >= 4 is 53.0 Å². The van der Waals surface area contributed by atoms with Crippen molar-refractivity contribution in [3.8, 4) is 0 Å². The van der Waals surface area contributed by atoms with Crippen LogP contribution in [-0.2, 0) is 43.2 Å². The zero-order chi connectivity index (χ0) is 46.7. The van der Waals surface area contributed by atoms with E-state index in [0.717, 1.165) is 37.6 Å². The molecular weight excluding hydrogens is 796 g/mol. The third kappa shape index (κ3) is 23.2. The number of amides is 8. The molecule has 21 heteroatoms. The highest BCUT2D eigenvalue weighted by Gasteiger charge is 2.35. The quantitative estimate of drug-likeness (QED) is 0.0199. The maximum Gasteiger partial charge on any atom is 0.289 e. The van der Waals surface area contributed by atoms with Gasteiger partial charge in [0.25, 0.3) is 17.7 Å². The molecule has 0 saturated heterocycles. The third-order valence-corrected chi connectivity index (χ3v) is 9.73. The van der Waals surface area contributed by atoms with Crippen molar-refractivity contribution in [2.75, 3.05) is 27.2 Å². The molecule has 7 atom stereocenters. The number of rotatable bonds is 32. The van der Waals surface area contributed by atoms with Gasteiger partial charge in [-0.1, -0.05) is 85.0 Å². The fraction of sp³-hybridized carbons (Fsp3) is 0.775. The monoisotopic (exact) mass is 871 g/mol. The summed E-state index contributed by atoms with van der Waals surface area (Å²) in [4.78, 5) is 115. The lowest BCUT2D eigenvalue weighted by Gasteiger charge is -2.30. The molecule has 13 N–H and O–H groups in total. The van der Waals surface area contributed by atoms with Crippen LogP contribution >= 0.6 is 0 Å². The van der Waals surface area contributed by atoms with E-state index in [4.69, 9.17) is 11.5 Å². The van der Waals surface area contributed by atoms with Crippen molar-refractivity contribution in [2.24, 2.45) is 17.4 Å². The molecule has 350 valence electrons. The van der Waals surface area contributed by atoms with Crippen LogP contribution in [0.5, 0.6) is 0 Å². The molecule has 0 spiro atoms. The van der Waals surface area contributed by atoms with Crippen molar-refractivity contribution in [3.63, 3.8) is 0 Å². The van der Waals surface area contributed by atoms with E-state index in [1.54, 1.807) is 13.8 Å². The summed E-state index contributed by atoms with van der Waals surface area (Å²) in [5, 5.41) is 36.0. The third-order valence-electron chi connectivity index (χ3n) is 9.73. The lowest BCUT2D eigenvalue weighted by molar-refractivity contribution is -0.144. The molecule has 0 radical (unpaired) electrons. The Morgan fingerprint density at radius 3 is 1.66 bits per heavy atom. The van der Waals surface area contributed by atoms with Gasteiger partial charge in [0, 0.05) is 27.1 Å². The maximum absolute atomic E-state index is 13.2. The Bertz CT molecular complexity index is 1430. The highest BCUT2D eigenvalue weighted by Crippen LogP contribution is 2.12. The predicted octanol–water partition coefficient (Wildman–Crippen LogP) is -1.97. The van der Waals surface area contributed by atoms with Gasteiger partial charge in [0.15, 0.2) is 12.3 Å². The van der Waals surface area contributed by atoms with Gasteiger partial charge in [-0.25, -0.2) is 0 Å². The summed E-state index contributed by atoms with van der Waals surface area (Å²) in [6.07, 6.45) is 7.40. The first kappa shape index (κ1) is 56.3. The summed E-state index contributed by atoms with van der Waals surface area (Å²) >= 11 is 0. The number of nitrogens with zero attached hydrogens (tertiary/aromatic N) is 1. The maximum atomic E-state index is 13.2. The minimum Gasteiger partial charge on any atom is -0.396 e. The first-order valence-corrected chi connectivity index (χ1v) is 21.3. The smallest absolute Gasteiger partial charge is 0.289 e. The lowest BCUT2D eigenvalue weighted by atomic mass is 10.0. The van der Waals surface area contributed by atoms with Crippen LogP contribution in [0.1, 0.15) is 125 Å². The van der Waals surface area contributed by atoms with Gasteiger partial charge in [-0.2, -0.15) is 0 Å². The Labute approximate surface area is 359 Å². The van der Waals surface area contributed by atoms with Gasteiger partial charge in [0.05, 0.1) is 18.7 Å². The largest absolute Gasteiger partial charge is 0.396 e. The van der Waals surface area contributed by atoms with Crippen molar-refractivity contribution in [2.45, 2.75) is 167 Å². The SMILES string of the molecule is CCCCCCCCCCCCCC(=O)N[C@H](CCO)C(=O)N[C@H](N)C(=O)NCC(=O)N(C)[C@H](C(=O)N[C@@H](N)C(=O)N[C@@H](CC(C)C)C(=O)NC(C)C(=O)C(=O)NC)C(C)O. The Morgan fingerprint density at radius 2 is 1.15 bits per heavy atom. The van der Waals surface area contributed by atoms with Crippen LogP contribution in [0.2, 0.25) is 0 Å². The van der Waals surface area contributed by atoms with Crippen LogP contribution in [0.4, 0.5) is 0 Å². The minimum atomic E-state index is -1.78. The molecule has 0 aliphatic heterocycles. The highest BCUT2D eigenvalue weighted by molar-refractivity contribution is 6.38. The number of carbonyl (C=O) groups excluding carboxylic acids is 9. The van der Waals surface area contributed by atoms with Crippen LogP contribution in [0.25, 0.3) is 0 Å². The van der Waals surface area contributed by atoms with Crippen LogP contribution in [-0.4, -0.2) is 138 Å². The molecule has 0 bridgehead atoms. The number of hydrogen-bond donors (Lipinski definition) is 11. The van der Waals surface area contributed by atoms with Crippen molar-refractivity contribution in [1.29, 1.82) is 0 Å². The topological polar surface area (TPSA) is 334 Å². The molecule has 0 aromatic heterocycles. The van der Waals surface area contributed by atoms with E-state index in [0.29, 0.717) is 6.42 Å². The van der Waals surface area contributed by atoms with E-state index >= 15 is 0 Å². The van der Waals surface area contributed by atoms with Crippen molar-refractivity contribution < 1.29 is 53.4 Å². The van der Waals surface area contributed by atoms with Gasteiger partial charge < -0.3 is 63.8 Å². The zero-order valence-electron chi connectivity index (χ0n) is 37.1. The molecule has 61 heavy (non-hydrogen) atoms. The molecule has 0 rings (SSSR count). The number of Topliss-reactive ketones (excluding diaryl/α,β-unsaturated/α-hetero) is 1. The molecular formula is C40H74N10O11. The summed E-state index contributed by atoms with van der Waals surface area (Å²) in [6.45, 7) is 7.01. The molecule has 0 saturated carbocycles. The van der Waals surface area contributed by atoms with E-state index in [1.165, 1.54) is 59.4 Å². The summed E-state index contributed by atoms with van der Waals surface area (Å²) in [6, 6.07) is -5.25. The van der Waals surface area contributed by atoms with Crippen LogP contribution < -0.4 is 48.7 Å². The fourth-order valence-corrected chi connectivity index (χ4v) is 6.17. The van der Waals surface area contributed by atoms with Gasteiger partial charge in [0.2, 0.25) is 35.3 Å². The van der Waals surface area contributed by atoms with Crippen molar-refractivity contribution in [1.82, 2.24) is 42.1 Å². The first-order chi connectivity index (χ1) is 28.7. The number of likely N-dealkylation sites (N-methyl/N-ethyl adjacent to an activating group) is 2. The Balaban J connectivity index is 5.14. The van der Waals surface area contributed by atoms with Gasteiger partial charge in [0.1, 0.15) is 18.1 Å². The normalized spacial score (nSPS) is 14.5. The molecule has 0 heterocycles. The van der Waals surface area contributed by atoms with Gasteiger partial charge in [-0.3, -0.25) is 43.2 Å². The molecule has 0 aliphatic carbocycles. The summed E-state index contributed by atoms with van der Waals surface area (Å²) in [7, 11) is 2.39. The Hall–Kier alpha value is -4.73. The standard InChI is InChI=1S/C40H74N10O11/c1-8-9-10-11-12-13-14-15-16-17-18-19-29(53)46-27(20-21-51)35(56)48-33(41)39(60)44-23-30(54)50(7)31(26(5)52)37(58)49-34(42)40(61)47-28(22-24(2)3)36(57)45-25(4)32(55)38(59)43-6/h24-28,31,33-34,51-52H,8-23,41-42H2,1-7H3,(H,43,59)(H,44,60)(H,45,57)(H,46,53)(H,47,61)(H,48,56)(H,49,58)/t25?,26?,27-,28+,31+,33+,34-/m1/s1. The van der Waals surface area contributed by atoms with Gasteiger partial charge in [-0.05, 0) is 39.0 Å². The second kappa shape index (κ2) is 31.2. The molecule has 2 unspecified atom stereocenters. The predicted molar refractivity (Wildman–Crippen MR) is 226 cm³/mol. The van der Waals surface area contributed by atoms with E-state index in [-0.39, 0.29) is 25.2 Å². The molecule has 8 amide bonds. The molecule has 0 aromatic carbocycles. The van der Waals surface area contributed by atoms with Crippen LogP contribution in [0, 0.1) is 5.92 Å². The number of nitrogens with one attached hydrogen (secondary N) is 7. The van der Waals surface area contributed by atoms with Gasteiger partial charge in [-0.15, -0.1) is 0 Å². The van der Waals surface area contributed by atoms with Crippen molar-refractivity contribution in [3.05, 3.63) is 0 Å².